The minimum atomic E-state index is -1.13. The third-order valence-electron chi connectivity index (χ3n) is 9.79. The van der Waals surface area contributed by atoms with Gasteiger partial charge in [-0.3, -0.25) is 19.2 Å². The summed E-state index contributed by atoms with van der Waals surface area (Å²) in [6, 6.07) is 6.66. The minimum Gasteiger partial charge on any atom is -0.496 e. The number of fused-ring (bicyclic) bond motifs is 3. The molecule has 4 heterocycles. The van der Waals surface area contributed by atoms with E-state index in [0.717, 1.165) is 11.3 Å². The number of ether oxygens (including phenoxy) is 1. The van der Waals surface area contributed by atoms with E-state index >= 15 is 0 Å². The van der Waals surface area contributed by atoms with Crippen LogP contribution in [0, 0.1) is 34.8 Å². The van der Waals surface area contributed by atoms with Gasteiger partial charge >= 0.3 is 0 Å². The Labute approximate surface area is 260 Å². The molecule has 13 heteroatoms. The number of thiazole rings is 1. The van der Waals surface area contributed by atoms with Gasteiger partial charge in [-0.2, -0.15) is 0 Å². The van der Waals surface area contributed by atoms with Gasteiger partial charge in [-0.15, -0.1) is 11.3 Å². The first kappa shape index (κ1) is 29.3. The number of likely N-dealkylation sites (tertiary alicyclic amines) is 1. The molecule has 3 aliphatic rings. The molecule has 1 aliphatic carbocycles. The molecular formula is C32H31F2N5O5S. The standard InChI is InChI=1S/C32H31F2N5O5S/c1-32(2)16-13-39(31(43)20-12-15-21(44-3)8-7-18(34)24(15)36-20)26(23(16)32)29(42)37-19(11-14-9-10-35-28(14)41)27(40)30-38-25-17(33)5-4-6-22(25)45-30/h4-8,12,14,16,19,23,26,36H,9-11,13H2,1-3H3,(H,35,41)(H,37,42)/t14-,16-,19-,23-,26-/m0/s1. The average molecular weight is 636 g/mol. The zero-order valence-electron chi connectivity index (χ0n) is 24.8. The van der Waals surface area contributed by atoms with Gasteiger partial charge in [-0.05, 0) is 60.4 Å². The summed E-state index contributed by atoms with van der Waals surface area (Å²) in [6.07, 6.45) is 0.535. The lowest BCUT2D eigenvalue weighted by atomic mass is 9.94. The molecule has 4 aromatic rings. The Hall–Kier alpha value is -4.39. The molecule has 2 aliphatic heterocycles. The number of piperidine rings is 1. The van der Waals surface area contributed by atoms with Gasteiger partial charge in [-0.25, -0.2) is 13.8 Å². The monoisotopic (exact) mass is 635 g/mol. The summed E-state index contributed by atoms with van der Waals surface area (Å²) in [4.78, 5) is 63.0. The van der Waals surface area contributed by atoms with Crippen molar-refractivity contribution in [3.05, 3.63) is 58.7 Å². The van der Waals surface area contributed by atoms with Crippen LogP contribution in [0.4, 0.5) is 8.78 Å². The minimum absolute atomic E-state index is 0.0248. The molecule has 7 rings (SSSR count). The van der Waals surface area contributed by atoms with Crippen LogP contribution in [0.15, 0.2) is 36.4 Å². The predicted molar refractivity (Wildman–Crippen MR) is 162 cm³/mol. The lowest BCUT2D eigenvalue weighted by molar-refractivity contribution is -0.127. The maximum absolute atomic E-state index is 14.6. The molecule has 45 heavy (non-hydrogen) atoms. The summed E-state index contributed by atoms with van der Waals surface area (Å²) in [5.74, 6) is -3.06. The fraction of sp³-hybridized carbons (Fsp3) is 0.406. The Morgan fingerprint density at radius 3 is 2.71 bits per heavy atom. The average Bonchev–Trinajstić information content (AvgIpc) is 3.66. The van der Waals surface area contributed by atoms with E-state index in [9.17, 15) is 28.0 Å². The summed E-state index contributed by atoms with van der Waals surface area (Å²) < 4.78 is 34.9. The number of nitrogens with one attached hydrogen (secondary N) is 3. The molecule has 10 nitrogen and oxygen atoms in total. The third kappa shape index (κ3) is 4.75. The number of rotatable bonds is 8. The molecule has 5 atom stereocenters. The van der Waals surface area contributed by atoms with Crippen molar-refractivity contribution in [3.63, 3.8) is 0 Å². The number of Topliss-reactive ketones (excluding diaryl/α,β-unsaturated/α-hetero) is 1. The van der Waals surface area contributed by atoms with Crippen LogP contribution in [0.5, 0.6) is 5.75 Å². The second-order valence-electron chi connectivity index (χ2n) is 12.6. The van der Waals surface area contributed by atoms with Gasteiger partial charge < -0.3 is 25.3 Å². The Balaban J connectivity index is 1.20. The topological polar surface area (TPSA) is 133 Å². The van der Waals surface area contributed by atoms with Crippen molar-refractivity contribution in [3.8, 4) is 5.75 Å². The summed E-state index contributed by atoms with van der Waals surface area (Å²) in [7, 11) is 1.45. The van der Waals surface area contributed by atoms with Crippen molar-refractivity contribution in [2.45, 2.75) is 38.8 Å². The van der Waals surface area contributed by atoms with Crippen LogP contribution in [0.25, 0.3) is 21.1 Å². The lowest BCUT2D eigenvalue weighted by Gasteiger charge is -2.31. The highest BCUT2D eigenvalue weighted by molar-refractivity contribution is 7.20. The Kier molecular flexibility index (Phi) is 6.91. The SMILES string of the molecule is COc1ccc(F)c2[nH]c(C(=O)N3C[C@H]4[C@@H]([C@H]3C(=O)N[C@@H](C[C@@H]3CCNC3=O)C(=O)c3nc5c(F)cccc5s3)C4(C)C)cc12. The number of halogens is 2. The molecule has 3 amide bonds. The van der Waals surface area contributed by atoms with Gasteiger partial charge in [0.25, 0.3) is 5.91 Å². The Morgan fingerprint density at radius 1 is 1.20 bits per heavy atom. The molecule has 234 valence electrons. The molecule has 3 fully saturated rings. The number of hydrogen-bond donors (Lipinski definition) is 3. The second-order valence-corrected chi connectivity index (χ2v) is 13.7. The van der Waals surface area contributed by atoms with Gasteiger partial charge in [0.15, 0.2) is 5.01 Å². The molecule has 3 N–H and O–H groups in total. The third-order valence-corrected chi connectivity index (χ3v) is 10.8. The molecule has 0 unspecified atom stereocenters. The van der Waals surface area contributed by atoms with Crippen molar-refractivity contribution < 1.29 is 32.7 Å². The van der Waals surface area contributed by atoms with Crippen LogP contribution in [0.3, 0.4) is 0 Å². The Bertz CT molecular complexity index is 1900. The van der Waals surface area contributed by atoms with Gasteiger partial charge in [-0.1, -0.05) is 19.9 Å². The summed E-state index contributed by atoms with van der Waals surface area (Å²) in [5, 5.41) is 6.06. The Morgan fingerprint density at radius 2 is 2.00 bits per heavy atom. The number of aromatic amines is 1. The van der Waals surface area contributed by atoms with Crippen LogP contribution in [-0.2, 0) is 9.59 Å². The quantitative estimate of drug-likeness (QED) is 0.250. The van der Waals surface area contributed by atoms with Crippen LogP contribution >= 0.6 is 11.3 Å². The van der Waals surface area contributed by atoms with Gasteiger partial charge in [0.2, 0.25) is 17.6 Å². The van der Waals surface area contributed by atoms with Crippen LogP contribution in [-0.4, -0.2) is 70.7 Å². The lowest BCUT2D eigenvalue weighted by Crippen LogP contribution is -2.54. The largest absolute Gasteiger partial charge is 0.496 e. The summed E-state index contributed by atoms with van der Waals surface area (Å²) >= 11 is 1.02. The second kappa shape index (κ2) is 10.6. The molecule has 0 radical (unpaired) electrons. The number of hydrogen-bond acceptors (Lipinski definition) is 7. The molecule has 0 spiro atoms. The zero-order chi connectivity index (χ0) is 31.8. The number of para-hydroxylation sites is 1. The smallest absolute Gasteiger partial charge is 0.271 e. The highest BCUT2D eigenvalue weighted by Gasteiger charge is 2.69. The molecule has 2 aromatic carbocycles. The summed E-state index contributed by atoms with van der Waals surface area (Å²) in [6.45, 7) is 4.84. The van der Waals surface area contributed by atoms with E-state index in [0.29, 0.717) is 35.3 Å². The number of carbonyl (C=O) groups excluding carboxylic acids is 4. The number of ketones is 1. The van der Waals surface area contributed by atoms with Crippen LogP contribution < -0.4 is 15.4 Å². The van der Waals surface area contributed by atoms with E-state index in [-0.39, 0.29) is 51.3 Å². The van der Waals surface area contributed by atoms with E-state index in [4.69, 9.17) is 4.74 Å². The summed E-state index contributed by atoms with van der Waals surface area (Å²) in [5.41, 5.74) is 0.0774. The number of amides is 3. The van der Waals surface area contributed by atoms with Crippen molar-refractivity contribution >= 4 is 56.0 Å². The fourth-order valence-electron chi connectivity index (χ4n) is 7.22. The van der Waals surface area contributed by atoms with Crippen LogP contribution in [0.2, 0.25) is 0 Å². The van der Waals surface area contributed by atoms with Gasteiger partial charge in [0.1, 0.15) is 34.6 Å². The first-order valence-corrected chi connectivity index (χ1v) is 15.6. The molecule has 2 saturated heterocycles. The van der Waals surface area contributed by atoms with E-state index in [1.165, 1.54) is 42.3 Å². The van der Waals surface area contributed by atoms with E-state index in [1.807, 2.05) is 13.8 Å². The van der Waals surface area contributed by atoms with Crippen LogP contribution in [0.1, 0.15) is 47.0 Å². The first-order chi connectivity index (χ1) is 21.5. The van der Waals surface area contributed by atoms with Crippen molar-refractivity contribution in [1.82, 2.24) is 25.5 Å². The number of aromatic nitrogens is 2. The van der Waals surface area contributed by atoms with Gasteiger partial charge in [0, 0.05) is 24.4 Å². The highest BCUT2D eigenvalue weighted by Crippen LogP contribution is 2.65. The van der Waals surface area contributed by atoms with E-state index < -0.39 is 47.2 Å². The molecule has 0 bridgehead atoms. The van der Waals surface area contributed by atoms with E-state index in [1.54, 1.807) is 6.07 Å². The van der Waals surface area contributed by atoms with Gasteiger partial charge in [0.05, 0.1) is 23.4 Å². The number of benzene rings is 2. The van der Waals surface area contributed by atoms with E-state index in [2.05, 4.69) is 20.6 Å². The highest BCUT2D eigenvalue weighted by atomic mass is 32.1. The van der Waals surface area contributed by atoms with Crippen molar-refractivity contribution in [2.24, 2.45) is 23.2 Å². The maximum atomic E-state index is 14.6. The number of carbonyl (C=O) groups is 4. The number of methoxy groups -OCH3 is 1. The van der Waals surface area contributed by atoms with Crippen molar-refractivity contribution in [2.75, 3.05) is 20.2 Å². The zero-order valence-corrected chi connectivity index (χ0v) is 25.6. The maximum Gasteiger partial charge on any atom is 0.271 e. The van der Waals surface area contributed by atoms with Crippen molar-refractivity contribution in [1.29, 1.82) is 0 Å². The molecule has 1 saturated carbocycles. The normalized spacial score (nSPS) is 24.0. The molecular weight excluding hydrogens is 604 g/mol. The molecule has 2 aromatic heterocycles. The first-order valence-electron chi connectivity index (χ1n) is 14.8. The number of nitrogens with zero attached hydrogens (tertiary/aromatic N) is 2. The fourth-order valence-corrected chi connectivity index (χ4v) is 8.19. The number of H-pyrrole nitrogens is 1. The predicted octanol–water partition coefficient (Wildman–Crippen LogP) is 4.05.